The summed E-state index contributed by atoms with van der Waals surface area (Å²) in [5.74, 6) is 1.28. The highest BCUT2D eigenvalue weighted by Crippen LogP contribution is 2.10. The number of hydrogen-bond donors (Lipinski definition) is 5. The van der Waals surface area contributed by atoms with Crippen LogP contribution in [0.4, 0.5) is 0 Å². The highest BCUT2D eigenvalue weighted by molar-refractivity contribution is 5.92. The lowest BCUT2D eigenvalue weighted by atomic mass is 10.0. The summed E-state index contributed by atoms with van der Waals surface area (Å²) in [5, 5.41) is 26.9. The van der Waals surface area contributed by atoms with Crippen LogP contribution in [0.1, 0.15) is 48.8 Å². The zero-order valence-electron chi connectivity index (χ0n) is 19.9. The van der Waals surface area contributed by atoms with Crippen molar-refractivity contribution in [2.24, 2.45) is 10.9 Å². The number of benzene rings is 2. The van der Waals surface area contributed by atoms with Crippen molar-refractivity contribution in [3.63, 3.8) is 0 Å². The van der Waals surface area contributed by atoms with Crippen molar-refractivity contribution < 1.29 is 29.4 Å². The summed E-state index contributed by atoms with van der Waals surface area (Å²) < 4.78 is 0. The molecule has 36 heavy (non-hydrogen) atoms. The van der Waals surface area contributed by atoms with Crippen molar-refractivity contribution in [1.82, 2.24) is 10.6 Å². The molecule has 2 aromatic carbocycles. The summed E-state index contributed by atoms with van der Waals surface area (Å²) in [7, 11) is 0. The van der Waals surface area contributed by atoms with Crippen molar-refractivity contribution >= 4 is 30.0 Å². The molecule has 10 heteroatoms. The van der Waals surface area contributed by atoms with E-state index in [-0.39, 0.29) is 12.8 Å². The van der Waals surface area contributed by atoms with Gasteiger partial charge in [-0.3, -0.25) is 14.4 Å². The van der Waals surface area contributed by atoms with E-state index in [0.29, 0.717) is 12.0 Å². The summed E-state index contributed by atoms with van der Waals surface area (Å²) in [5.41, 5.74) is 2.76. The molecule has 0 saturated carbocycles. The SMILES string of the molecule is NN=Cc1ccc(CCCCCC(=O)N[C@@H](CC(=O)O)C(=O)N[C@@H](Cc2ccccc2)C(=O)O)cc1. The van der Waals surface area contributed by atoms with E-state index in [1.165, 1.54) is 0 Å². The molecule has 0 heterocycles. The number of aliphatic carboxylic acids is 2. The topological polar surface area (TPSA) is 171 Å². The van der Waals surface area contributed by atoms with Gasteiger partial charge in [0, 0.05) is 12.8 Å². The van der Waals surface area contributed by atoms with Gasteiger partial charge in [-0.15, -0.1) is 0 Å². The molecule has 2 amide bonds. The van der Waals surface area contributed by atoms with Crippen LogP contribution in [-0.2, 0) is 32.0 Å². The van der Waals surface area contributed by atoms with Crippen molar-refractivity contribution in [1.29, 1.82) is 0 Å². The minimum absolute atomic E-state index is 0.0268. The third-order valence-electron chi connectivity index (χ3n) is 5.50. The molecule has 0 saturated heterocycles. The Morgan fingerprint density at radius 2 is 1.56 bits per heavy atom. The number of unbranched alkanes of at least 4 members (excludes halogenated alkanes) is 2. The van der Waals surface area contributed by atoms with Gasteiger partial charge in [-0.2, -0.15) is 5.10 Å². The average Bonchev–Trinajstić information content (AvgIpc) is 2.84. The normalized spacial score (nSPS) is 12.6. The number of nitrogens with two attached hydrogens (primary N) is 1. The second-order valence-electron chi connectivity index (χ2n) is 8.39. The zero-order chi connectivity index (χ0) is 26.3. The highest BCUT2D eigenvalue weighted by Gasteiger charge is 2.28. The third-order valence-corrected chi connectivity index (χ3v) is 5.50. The Balaban J connectivity index is 1.82. The highest BCUT2D eigenvalue weighted by atomic mass is 16.4. The Labute approximate surface area is 209 Å². The number of carboxylic acid groups (broad SMARTS) is 2. The van der Waals surface area contributed by atoms with Crippen LogP contribution in [0.3, 0.4) is 0 Å². The molecule has 0 aliphatic heterocycles. The largest absolute Gasteiger partial charge is 0.481 e. The summed E-state index contributed by atoms with van der Waals surface area (Å²) in [6.45, 7) is 0. The van der Waals surface area contributed by atoms with E-state index < -0.39 is 42.3 Å². The van der Waals surface area contributed by atoms with Crippen molar-refractivity contribution in [2.45, 2.75) is 57.0 Å². The molecular formula is C26H32N4O6. The minimum Gasteiger partial charge on any atom is -0.481 e. The van der Waals surface area contributed by atoms with E-state index in [0.717, 1.165) is 30.4 Å². The Kier molecular flexibility index (Phi) is 11.6. The van der Waals surface area contributed by atoms with Gasteiger partial charge in [0.25, 0.3) is 0 Å². The van der Waals surface area contributed by atoms with Gasteiger partial charge < -0.3 is 26.7 Å². The quantitative estimate of drug-likeness (QED) is 0.108. The second kappa shape index (κ2) is 14.9. The number of carbonyl (C=O) groups excluding carboxylic acids is 2. The van der Waals surface area contributed by atoms with Gasteiger partial charge >= 0.3 is 11.9 Å². The molecule has 6 N–H and O–H groups in total. The van der Waals surface area contributed by atoms with Crippen LogP contribution in [0.2, 0.25) is 0 Å². The Hall–Kier alpha value is -4.21. The molecule has 0 bridgehead atoms. The van der Waals surface area contributed by atoms with Crippen LogP contribution in [0.25, 0.3) is 0 Å². The molecule has 2 atom stereocenters. The Bertz CT molecular complexity index is 1040. The maximum absolute atomic E-state index is 12.6. The first-order valence-corrected chi connectivity index (χ1v) is 11.7. The van der Waals surface area contributed by atoms with Gasteiger partial charge in [0.15, 0.2) is 0 Å². The number of amides is 2. The molecule has 0 unspecified atom stereocenters. The summed E-state index contributed by atoms with van der Waals surface area (Å²) >= 11 is 0. The van der Waals surface area contributed by atoms with Crippen LogP contribution in [0, 0.1) is 0 Å². The van der Waals surface area contributed by atoms with Crippen LogP contribution >= 0.6 is 0 Å². The molecule has 192 valence electrons. The maximum Gasteiger partial charge on any atom is 0.326 e. The lowest BCUT2D eigenvalue weighted by Crippen LogP contribution is -2.52. The fourth-order valence-corrected chi connectivity index (χ4v) is 3.62. The predicted octanol–water partition coefficient (Wildman–Crippen LogP) is 1.85. The lowest BCUT2D eigenvalue weighted by Gasteiger charge is -2.20. The number of nitrogens with zero attached hydrogens (tertiary/aromatic N) is 1. The van der Waals surface area contributed by atoms with Crippen LogP contribution in [0.5, 0.6) is 0 Å². The number of hydrogen-bond acceptors (Lipinski definition) is 6. The number of rotatable bonds is 15. The van der Waals surface area contributed by atoms with Crippen LogP contribution < -0.4 is 16.5 Å². The molecule has 0 aliphatic rings. The monoisotopic (exact) mass is 496 g/mol. The van der Waals surface area contributed by atoms with E-state index in [1.54, 1.807) is 36.5 Å². The molecule has 2 aromatic rings. The molecular weight excluding hydrogens is 464 g/mol. The first kappa shape index (κ1) is 28.0. The summed E-state index contributed by atoms with van der Waals surface area (Å²) in [6, 6.07) is 13.9. The van der Waals surface area contributed by atoms with E-state index in [4.69, 9.17) is 10.9 Å². The van der Waals surface area contributed by atoms with Gasteiger partial charge in [-0.1, -0.05) is 61.0 Å². The number of carbonyl (C=O) groups is 4. The first-order valence-electron chi connectivity index (χ1n) is 11.7. The molecule has 2 rings (SSSR count). The Morgan fingerprint density at radius 3 is 2.17 bits per heavy atom. The van der Waals surface area contributed by atoms with Gasteiger partial charge in [0.05, 0.1) is 12.6 Å². The number of hydrazone groups is 1. The van der Waals surface area contributed by atoms with Crippen LogP contribution in [-0.4, -0.2) is 52.3 Å². The first-order chi connectivity index (χ1) is 17.3. The van der Waals surface area contributed by atoms with Gasteiger partial charge in [0.1, 0.15) is 12.1 Å². The number of carboxylic acids is 2. The van der Waals surface area contributed by atoms with E-state index >= 15 is 0 Å². The smallest absolute Gasteiger partial charge is 0.326 e. The van der Waals surface area contributed by atoms with Crippen LogP contribution in [0.15, 0.2) is 59.7 Å². The summed E-state index contributed by atoms with van der Waals surface area (Å²) in [6.07, 6.45) is 4.09. The van der Waals surface area contributed by atoms with Crippen molar-refractivity contribution in [3.05, 3.63) is 71.3 Å². The Morgan fingerprint density at radius 1 is 0.861 bits per heavy atom. The fraction of sp³-hybridized carbons (Fsp3) is 0.346. The predicted molar refractivity (Wildman–Crippen MR) is 134 cm³/mol. The molecule has 0 aromatic heterocycles. The average molecular weight is 497 g/mol. The van der Waals surface area contributed by atoms with E-state index in [9.17, 15) is 24.3 Å². The minimum atomic E-state index is -1.37. The zero-order valence-corrected chi connectivity index (χ0v) is 19.9. The molecule has 0 spiro atoms. The van der Waals surface area contributed by atoms with Gasteiger partial charge in [-0.05, 0) is 36.0 Å². The van der Waals surface area contributed by atoms with Gasteiger partial charge in [-0.25, -0.2) is 4.79 Å². The number of nitrogens with one attached hydrogen (secondary N) is 2. The van der Waals surface area contributed by atoms with Gasteiger partial charge in [0.2, 0.25) is 11.8 Å². The van der Waals surface area contributed by atoms with E-state index in [1.807, 2.05) is 24.3 Å². The maximum atomic E-state index is 12.6. The standard InChI is InChI=1S/C26H32N4O6/c27-28-17-20-13-11-18(12-14-20)7-3-2-6-10-23(31)29-21(16-24(32)33)25(34)30-22(26(35)36)15-19-8-4-1-5-9-19/h1,4-5,8-9,11-14,17,21-22H,2-3,6-7,10,15-16,27H2,(H,29,31)(H,30,34)(H,32,33)(H,35,36)/t21-,22-/m0/s1. The number of aryl methyl sites for hydroxylation is 1. The lowest BCUT2D eigenvalue weighted by molar-refractivity contribution is -0.143. The third kappa shape index (κ3) is 10.4. The summed E-state index contributed by atoms with van der Waals surface area (Å²) in [4.78, 5) is 47.9. The molecule has 0 fully saturated rings. The van der Waals surface area contributed by atoms with Crippen molar-refractivity contribution in [2.75, 3.05) is 0 Å². The fourth-order valence-electron chi connectivity index (χ4n) is 3.62. The van der Waals surface area contributed by atoms with Crippen molar-refractivity contribution in [3.8, 4) is 0 Å². The molecule has 10 nitrogen and oxygen atoms in total. The van der Waals surface area contributed by atoms with E-state index in [2.05, 4.69) is 15.7 Å². The second-order valence-corrected chi connectivity index (χ2v) is 8.39. The molecule has 0 radical (unpaired) electrons. The molecule has 0 aliphatic carbocycles.